The van der Waals surface area contributed by atoms with Crippen LogP contribution in [-0.4, -0.2) is 18.9 Å². The lowest BCUT2D eigenvalue weighted by molar-refractivity contribution is 0.663. The second-order valence-electron chi connectivity index (χ2n) is 10.6. The Morgan fingerprint density at radius 2 is 1.17 bits per heavy atom. The van der Waals surface area contributed by atoms with Crippen LogP contribution in [0.3, 0.4) is 0 Å². The van der Waals surface area contributed by atoms with Crippen LogP contribution in [0.1, 0.15) is 0 Å². The summed E-state index contributed by atoms with van der Waals surface area (Å²) in [4.78, 5) is 10.1. The fourth-order valence-corrected chi connectivity index (χ4v) is 6.62. The molecule has 0 unspecified atom stereocenters. The lowest BCUT2D eigenvalue weighted by Crippen LogP contribution is -2.00. The van der Waals surface area contributed by atoms with Gasteiger partial charge in [0.15, 0.2) is 11.4 Å². The minimum atomic E-state index is 0.697. The van der Waals surface area contributed by atoms with Gasteiger partial charge in [-0.05, 0) is 36.4 Å². The first-order chi connectivity index (χ1) is 20.8. The van der Waals surface area contributed by atoms with E-state index in [1.165, 1.54) is 0 Å². The Bertz CT molecular complexity index is 2700. The third kappa shape index (κ3) is 2.73. The minimum Gasteiger partial charge on any atom is -0.455 e. The number of furan rings is 2. The monoisotopic (exact) mass is 540 g/mol. The number of benzene rings is 5. The van der Waals surface area contributed by atoms with Crippen molar-refractivity contribution >= 4 is 71.7 Å². The van der Waals surface area contributed by atoms with Crippen molar-refractivity contribution in [2.75, 3.05) is 0 Å². The van der Waals surface area contributed by atoms with Gasteiger partial charge in [-0.25, -0.2) is 9.97 Å². The molecule has 0 N–H and O–H groups in total. The number of fused-ring (bicyclic) bond motifs is 11. The van der Waals surface area contributed by atoms with Gasteiger partial charge in [0.25, 0.3) is 0 Å². The van der Waals surface area contributed by atoms with Gasteiger partial charge in [-0.1, -0.05) is 78.9 Å². The molecule has 0 radical (unpaired) electrons. The molecule has 0 spiro atoms. The average Bonchev–Trinajstić information content (AvgIpc) is 3.79. The Hall–Kier alpha value is -5.88. The van der Waals surface area contributed by atoms with Crippen LogP contribution in [0.5, 0.6) is 0 Å². The van der Waals surface area contributed by atoms with Crippen LogP contribution < -0.4 is 0 Å². The molecule has 0 saturated heterocycles. The van der Waals surface area contributed by atoms with Gasteiger partial charge in [0, 0.05) is 38.9 Å². The highest BCUT2D eigenvalue weighted by molar-refractivity contribution is 6.13. The van der Waals surface area contributed by atoms with Gasteiger partial charge in [0.05, 0.1) is 22.1 Å². The van der Waals surface area contributed by atoms with Gasteiger partial charge >= 0.3 is 0 Å². The van der Waals surface area contributed by atoms with Crippen molar-refractivity contribution in [1.82, 2.24) is 18.9 Å². The summed E-state index contributed by atoms with van der Waals surface area (Å²) in [5.74, 6) is 1.47. The van der Waals surface area contributed by atoms with Crippen molar-refractivity contribution in [3.8, 4) is 16.9 Å². The molecule has 0 aliphatic rings. The molecular formula is C36H20N4O2. The summed E-state index contributed by atoms with van der Waals surface area (Å²) in [5, 5.41) is 4.27. The summed E-state index contributed by atoms with van der Waals surface area (Å²) in [7, 11) is 0. The van der Waals surface area contributed by atoms with E-state index in [9.17, 15) is 0 Å². The number of aromatic nitrogens is 4. The topological polar surface area (TPSA) is 61.4 Å². The highest BCUT2D eigenvalue weighted by atomic mass is 16.3. The first-order valence-electron chi connectivity index (χ1n) is 13.9. The van der Waals surface area contributed by atoms with Crippen LogP contribution in [0.15, 0.2) is 130 Å². The van der Waals surface area contributed by atoms with Gasteiger partial charge < -0.3 is 8.83 Å². The second-order valence-corrected chi connectivity index (χ2v) is 10.6. The molecule has 196 valence electrons. The van der Waals surface area contributed by atoms with Crippen molar-refractivity contribution in [2.45, 2.75) is 0 Å². The lowest BCUT2D eigenvalue weighted by atomic mass is 10.0. The van der Waals surface area contributed by atoms with E-state index in [-0.39, 0.29) is 0 Å². The summed E-state index contributed by atoms with van der Waals surface area (Å²) in [5.41, 5.74) is 9.29. The predicted octanol–water partition coefficient (Wildman–Crippen LogP) is 9.29. The van der Waals surface area contributed by atoms with Crippen molar-refractivity contribution in [3.63, 3.8) is 0 Å². The molecule has 0 fully saturated rings. The van der Waals surface area contributed by atoms with Crippen LogP contribution in [0, 0.1) is 0 Å². The van der Waals surface area contributed by atoms with E-state index < -0.39 is 0 Å². The summed E-state index contributed by atoms with van der Waals surface area (Å²) in [6.45, 7) is 0. The normalized spacial score (nSPS) is 12.3. The molecule has 5 heterocycles. The van der Waals surface area contributed by atoms with Crippen molar-refractivity contribution in [3.05, 3.63) is 121 Å². The number of hydrogen-bond donors (Lipinski definition) is 0. The number of pyridine rings is 1. The average molecular weight is 541 g/mol. The zero-order chi connectivity index (χ0) is 27.4. The number of hydrogen-bond acceptors (Lipinski definition) is 4. The van der Waals surface area contributed by atoms with Gasteiger partial charge in [0.1, 0.15) is 16.7 Å². The Labute approximate surface area is 237 Å². The molecule has 0 bridgehead atoms. The molecule has 6 heteroatoms. The third-order valence-corrected chi connectivity index (χ3v) is 8.40. The molecule has 0 aliphatic heterocycles. The van der Waals surface area contributed by atoms with E-state index in [0.29, 0.717) is 5.82 Å². The predicted molar refractivity (Wildman–Crippen MR) is 167 cm³/mol. The van der Waals surface area contributed by atoms with E-state index in [1.807, 2.05) is 54.7 Å². The minimum absolute atomic E-state index is 0.697. The van der Waals surface area contributed by atoms with Crippen LogP contribution in [0.25, 0.3) is 88.7 Å². The molecule has 5 aromatic carbocycles. The molecule has 0 atom stereocenters. The molecule has 0 amide bonds. The van der Waals surface area contributed by atoms with Crippen LogP contribution >= 0.6 is 0 Å². The molecule has 10 rings (SSSR count). The quantitative estimate of drug-likeness (QED) is 0.219. The largest absolute Gasteiger partial charge is 0.455 e. The first-order valence-corrected chi connectivity index (χ1v) is 13.9. The fraction of sp³-hybridized carbons (Fsp3) is 0. The Morgan fingerprint density at radius 3 is 2.02 bits per heavy atom. The Balaban J connectivity index is 1.41. The van der Waals surface area contributed by atoms with Crippen molar-refractivity contribution in [2.24, 2.45) is 0 Å². The zero-order valence-corrected chi connectivity index (χ0v) is 22.2. The Morgan fingerprint density at radius 1 is 0.524 bits per heavy atom. The summed E-state index contributed by atoms with van der Waals surface area (Å²) in [6, 6.07) is 39.3. The number of nitrogens with zero attached hydrogens (tertiary/aromatic N) is 4. The summed E-state index contributed by atoms with van der Waals surface area (Å²) >= 11 is 0. The maximum absolute atomic E-state index is 6.50. The zero-order valence-electron chi connectivity index (χ0n) is 22.2. The number of rotatable bonds is 2. The van der Waals surface area contributed by atoms with Gasteiger partial charge in [-0.15, -0.1) is 0 Å². The van der Waals surface area contributed by atoms with E-state index in [0.717, 1.165) is 82.8 Å². The standard InChI is InChI=1S/C36H20N4O2/c1-5-17-30-21(9-1)24-12-7-13-25(33(24)41-30)23-11-8-16-29-32(23)40(36-38-27-14-3-4-15-28(27)39(29)36)35-34-26(19-20-37-35)22-10-2-6-18-31(22)42-34/h1-20H. The van der Waals surface area contributed by atoms with E-state index in [2.05, 4.69) is 75.7 Å². The molecule has 10 aromatic rings. The van der Waals surface area contributed by atoms with Crippen LogP contribution in [0.2, 0.25) is 0 Å². The van der Waals surface area contributed by atoms with E-state index in [4.69, 9.17) is 18.8 Å². The van der Waals surface area contributed by atoms with Crippen LogP contribution in [0.4, 0.5) is 0 Å². The fourth-order valence-electron chi connectivity index (χ4n) is 6.62. The summed E-state index contributed by atoms with van der Waals surface area (Å²) in [6.07, 6.45) is 1.85. The maximum atomic E-state index is 6.50. The van der Waals surface area contributed by atoms with E-state index in [1.54, 1.807) is 0 Å². The molecule has 5 aromatic heterocycles. The number of imidazole rings is 2. The summed E-state index contributed by atoms with van der Waals surface area (Å²) < 4.78 is 17.4. The van der Waals surface area contributed by atoms with Crippen LogP contribution in [-0.2, 0) is 0 Å². The highest BCUT2D eigenvalue weighted by Gasteiger charge is 2.25. The third-order valence-electron chi connectivity index (χ3n) is 8.40. The highest BCUT2D eigenvalue weighted by Crippen LogP contribution is 2.42. The van der Waals surface area contributed by atoms with Crippen molar-refractivity contribution in [1.29, 1.82) is 0 Å². The second kappa shape index (κ2) is 7.86. The van der Waals surface area contributed by atoms with E-state index >= 15 is 0 Å². The lowest BCUT2D eigenvalue weighted by Gasteiger charge is -2.10. The molecule has 0 saturated carbocycles. The molecular weight excluding hydrogens is 520 g/mol. The number of para-hydroxylation sites is 6. The SMILES string of the molecule is c1ccc2c(c1)nc1n(-c3nccc4c3oc3ccccc34)c3c(-c4cccc5c4oc4ccccc45)cccc3n21. The van der Waals surface area contributed by atoms with Gasteiger partial charge in [0.2, 0.25) is 5.78 Å². The Kier molecular flexibility index (Phi) is 4.10. The maximum Gasteiger partial charge on any atom is 0.222 e. The first kappa shape index (κ1) is 21.9. The van der Waals surface area contributed by atoms with Gasteiger partial charge in [-0.2, -0.15) is 0 Å². The molecule has 0 aliphatic carbocycles. The smallest absolute Gasteiger partial charge is 0.222 e. The molecule has 6 nitrogen and oxygen atoms in total. The molecule has 42 heavy (non-hydrogen) atoms. The van der Waals surface area contributed by atoms with Gasteiger partial charge in [-0.3, -0.25) is 8.97 Å². The van der Waals surface area contributed by atoms with Crippen molar-refractivity contribution < 1.29 is 8.83 Å².